The Labute approximate surface area is 134 Å². The number of thiophene rings is 1. The molecule has 0 saturated heterocycles. The number of benzene rings is 1. The van der Waals surface area contributed by atoms with Crippen LogP contribution in [0.5, 0.6) is 0 Å². The number of carbonyl (C=O) groups is 1. The number of nitrogens with zero attached hydrogens (tertiary/aromatic N) is 1. The minimum atomic E-state index is 0.103. The minimum Gasteiger partial charge on any atom is -0.389 e. The summed E-state index contributed by atoms with van der Waals surface area (Å²) in [6.45, 7) is 0. The molecule has 1 aromatic heterocycles. The van der Waals surface area contributed by atoms with E-state index >= 15 is 0 Å². The Morgan fingerprint density at radius 1 is 1.33 bits per heavy atom. The van der Waals surface area contributed by atoms with Gasteiger partial charge in [-0.05, 0) is 36.4 Å². The molecule has 3 nitrogen and oxygen atoms in total. The summed E-state index contributed by atoms with van der Waals surface area (Å²) in [4.78, 5) is 15.5. The van der Waals surface area contributed by atoms with Gasteiger partial charge in [0.15, 0.2) is 0 Å². The lowest BCUT2D eigenvalue weighted by atomic mass is 10.1. The quantitative estimate of drug-likeness (QED) is 0.831. The molecule has 1 aromatic carbocycles. The predicted octanol–water partition coefficient (Wildman–Crippen LogP) is 3.37. The van der Waals surface area contributed by atoms with Crippen LogP contribution in [0, 0.1) is 0 Å². The fourth-order valence-corrected chi connectivity index (χ4v) is 2.93. The number of aryl methyl sites for hydroxylation is 1. The smallest absolute Gasteiger partial charge is 0.226 e. The summed E-state index contributed by atoms with van der Waals surface area (Å²) in [6.07, 6.45) is 2.34. The molecule has 1 heterocycles. The maximum absolute atomic E-state index is 12.2. The molecule has 0 radical (unpaired) electrons. The first kappa shape index (κ1) is 15.7. The number of hydrogen-bond acceptors (Lipinski definition) is 3. The van der Waals surface area contributed by atoms with Crippen LogP contribution in [0.4, 0.5) is 5.69 Å². The van der Waals surface area contributed by atoms with E-state index in [9.17, 15) is 4.79 Å². The van der Waals surface area contributed by atoms with Crippen LogP contribution in [-0.2, 0) is 11.2 Å². The van der Waals surface area contributed by atoms with Crippen molar-refractivity contribution in [1.82, 2.24) is 0 Å². The number of hydrogen-bond donors (Lipinski definition) is 1. The average molecular weight is 318 g/mol. The fraction of sp³-hybridized carbons (Fsp3) is 0.250. The first-order valence-electron chi connectivity index (χ1n) is 6.76. The standard InChI is InChI=1S/C16H18N2OS2/c1-18(13-6-2-5-12(11-13)16(17)20)15(19)9-3-7-14-8-4-10-21-14/h2,4-6,8,10-11H,3,7,9H2,1H3,(H2,17,20). The van der Waals surface area contributed by atoms with Gasteiger partial charge in [-0.1, -0.05) is 30.4 Å². The Morgan fingerprint density at radius 3 is 2.81 bits per heavy atom. The van der Waals surface area contributed by atoms with Crippen LogP contribution >= 0.6 is 23.6 Å². The van der Waals surface area contributed by atoms with Gasteiger partial charge in [0.1, 0.15) is 4.99 Å². The predicted molar refractivity (Wildman–Crippen MR) is 93.0 cm³/mol. The molecule has 0 atom stereocenters. The van der Waals surface area contributed by atoms with E-state index in [-0.39, 0.29) is 5.91 Å². The highest BCUT2D eigenvalue weighted by Crippen LogP contribution is 2.17. The number of carbonyl (C=O) groups excluding carboxylic acids is 1. The van der Waals surface area contributed by atoms with Gasteiger partial charge in [0.05, 0.1) is 0 Å². The van der Waals surface area contributed by atoms with E-state index < -0.39 is 0 Å². The van der Waals surface area contributed by atoms with E-state index in [0.717, 1.165) is 24.1 Å². The maximum atomic E-state index is 12.2. The van der Waals surface area contributed by atoms with Crippen molar-refractivity contribution in [1.29, 1.82) is 0 Å². The molecule has 2 aromatic rings. The Bertz CT molecular complexity index is 623. The number of rotatable bonds is 6. The van der Waals surface area contributed by atoms with Gasteiger partial charge in [0.25, 0.3) is 0 Å². The van der Waals surface area contributed by atoms with Crippen LogP contribution < -0.4 is 10.6 Å². The van der Waals surface area contributed by atoms with Gasteiger partial charge in [-0.15, -0.1) is 11.3 Å². The molecular weight excluding hydrogens is 300 g/mol. The lowest BCUT2D eigenvalue weighted by Gasteiger charge is -2.18. The minimum absolute atomic E-state index is 0.103. The molecule has 2 rings (SSSR count). The zero-order valence-electron chi connectivity index (χ0n) is 11.9. The zero-order chi connectivity index (χ0) is 15.2. The summed E-state index contributed by atoms with van der Waals surface area (Å²) in [7, 11) is 1.78. The second-order valence-corrected chi connectivity index (χ2v) is 6.27. The number of anilines is 1. The number of amides is 1. The first-order valence-corrected chi connectivity index (χ1v) is 8.05. The molecular formula is C16H18N2OS2. The van der Waals surface area contributed by atoms with Crippen molar-refractivity contribution in [2.75, 3.05) is 11.9 Å². The monoisotopic (exact) mass is 318 g/mol. The Kier molecular flexibility index (Phi) is 5.47. The van der Waals surface area contributed by atoms with Crippen LogP contribution in [-0.4, -0.2) is 17.9 Å². The van der Waals surface area contributed by atoms with E-state index in [4.69, 9.17) is 18.0 Å². The molecule has 1 amide bonds. The highest BCUT2D eigenvalue weighted by Gasteiger charge is 2.11. The van der Waals surface area contributed by atoms with Crippen LogP contribution in [0.2, 0.25) is 0 Å². The van der Waals surface area contributed by atoms with Crippen molar-refractivity contribution < 1.29 is 4.79 Å². The Hall–Kier alpha value is -1.72. The summed E-state index contributed by atoms with van der Waals surface area (Å²) in [5, 5.41) is 2.06. The van der Waals surface area contributed by atoms with Gasteiger partial charge in [-0.25, -0.2) is 0 Å². The van der Waals surface area contributed by atoms with Gasteiger partial charge in [-0.2, -0.15) is 0 Å². The van der Waals surface area contributed by atoms with Crippen molar-refractivity contribution in [3.05, 3.63) is 52.2 Å². The summed E-state index contributed by atoms with van der Waals surface area (Å²) in [6, 6.07) is 11.6. The summed E-state index contributed by atoms with van der Waals surface area (Å²) >= 11 is 6.70. The third kappa shape index (κ3) is 4.37. The molecule has 5 heteroatoms. The molecule has 0 fully saturated rings. The van der Waals surface area contributed by atoms with Gasteiger partial charge < -0.3 is 10.6 Å². The van der Waals surface area contributed by atoms with Crippen molar-refractivity contribution in [3.63, 3.8) is 0 Å². The molecule has 0 saturated carbocycles. The van der Waals surface area contributed by atoms with Crippen LogP contribution in [0.25, 0.3) is 0 Å². The topological polar surface area (TPSA) is 46.3 Å². The van der Waals surface area contributed by atoms with Gasteiger partial charge in [0.2, 0.25) is 5.91 Å². The molecule has 21 heavy (non-hydrogen) atoms. The summed E-state index contributed by atoms with van der Waals surface area (Å²) in [5.74, 6) is 0.103. The van der Waals surface area contributed by atoms with Gasteiger partial charge in [-0.3, -0.25) is 4.79 Å². The Balaban J connectivity index is 1.92. The SMILES string of the molecule is CN(C(=O)CCCc1cccs1)c1cccc(C(N)=S)c1. The van der Waals surface area contributed by atoms with E-state index in [1.807, 2.05) is 30.3 Å². The van der Waals surface area contributed by atoms with Crippen molar-refractivity contribution in [3.8, 4) is 0 Å². The molecule has 0 bridgehead atoms. The Morgan fingerprint density at radius 2 is 2.14 bits per heavy atom. The number of nitrogens with two attached hydrogens (primary N) is 1. The lowest BCUT2D eigenvalue weighted by Crippen LogP contribution is -2.26. The summed E-state index contributed by atoms with van der Waals surface area (Å²) < 4.78 is 0. The third-order valence-corrected chi connectivity index (χ3v) is 4.46. The van der Waals surface area contributed by atoms with Crippen LogP contribution in [0.3, 0.4) is 0 Å². The largest absolute Gasteiger partial charge is 0.389 e. The van der Waals surface area contributed by atoms with E-state index in [0.29, 0.717) is 11.4 Å². The fourth-order valence-electron chi connectivity index (χ4n) is 2.05. The number of thiocarbonyl (C=S) groups is 1. The molecule has 0 unspecified atom stereocenters. The molecule has 0 spiro atoms. The highest BCUT2D eigenvalue weighted by atomic mass is 32.1. The van der Waals surface area contributed by atoms with E-state index in [1.54, 1.807) is 23.3 Å². The van der Waals surface area contributed by atoms with E-state index in [2.05, 4.69) is 11.4 Å². The zero-order valence-corrected chi connectivity index (χ0v) is 13.5. The second kappa shape index (κ2) is 7.33. The highest BCUT2D eigenvalue weighted by molar-refractivity contribution is 7.80. The van der Waals surface area contributed by atoms with Crippen LogP contribution in [0.15, 0.2) is 41.8 Å². The van der Waals surface area contributed by atoms with Crippen LogP contribution in [0.1, 0.15) is 23.3 Å². The average Bonchev–Trinajstić information content (AvgIpc) is 2.99. The van der Waals surface area contributed by atoms with E-state index in [1.165, 1.54) is 4.88 Å². The van der Waals surface area contributed by atoms with Crippen molar-refractivity contribution >= 4 is 40.1 Å². The normalized spacial score (nSPS) is 10.3. The van der Waals surface area contributed by atoms with Gasteiger partial charge >= 0.3 is 0 Å². The second-order valence-electron chi connectivity index (χ2n) is 4.80. The maximum Gasteiger partial charge on any atom is 0.226 e. The summed E-state index contributed by atoms with van der Waals surface area (Å²) in [5.41, 5.74) is 7.22. The molecule has 2 N–H and O–H groups in total. The lowest BCUT2D eigenvalue weighted by molar-refractivity contribution is -0.118. The molecule has 0 aliphatic carbocycles. The molecule has 0 aliphatic rings. The first-order chi connectivity index (χ1) is 10.1. The third-order valence-electron chi connectivity index (χ3n) is 3.29. The van der Waals surface area contributed by atoms with Crippen molar-refractivity contribution in [2.24, 2.45) is 5.73 Å². The molecule has 110 valence electrons. The van der Waals surface area contributed by atoms with Gasteiger partial charge in [0, 0.05) is 29.6 Å². The van der Waals surface area contributed by atoms with Crippen molar-refractivity contribution in [2.45, 2.75) is 19.3 Å². The molecule has 0 aliphatic heterocycles.